The van der Waals surface area contributed by atoms with E-state index in [0.29, 0.717) is 19.4 Å². The summed E-state index contributed by atoms with van der Waals surface area (Å²) < 4.78 is 16.6. The smallest absolute Gasteiger partial charge is 0.305 e. The van der Waals surface area contributed by atoms with Crippen molar-refractivity contribution in [3.8, 4) is 0 Å². The molecule has 0 aliphatic carbocycles. The maximum atomic E-state index is 13.0. The molecule has 0 aromatic carbocycles. The molecule has 0 aromatic heterocycles. The van der Waals surface area contributed by atoms with Gasteiger partial charge in [-0.15, -0.1) is 0 Å². The monoisotopic (exact) mass is 962 g/mol. The number of rotatable bonds is 47. The maximum absolute atomic E-state index is 13.0. The number of unbranched alkanes of at least 4 members (excludes halogenated alkanes) is 27. The SMILES string of the molecule is CCCCCCCCCCC/C=C/CC/C=C/C(O)C(COC1OC(CO)C(O)C(O)C1O)NC(=O)CC/C=C\C/C=C\CCCCCCCCOC(=O)CCCCCCCCCCCCCC. The molecular weight excluding hydrogens is 859 g/mol. The highest BCUT2D eigenvalue weighted by Gasteiger charge is 2.44. The maximum Gasteiger partial charge on any atom is 0.305 e. The summed E-state index contributed by atoms with van der Waals surface area (Å²) >= 11 is 0. The van der Waals surface area contributed by atoms with Crippen molar-refractivity contribution in [2.75, 3.05) is 19.8 Å². The molecule has 1 fully saturated rings. The van der Waals surface area contributed by atoms with Gasteiger partial charge in [-0.2, -0.15) is 0 Å². The minimum absolute atomic E-state index is 0.0401. The van der Waals surface area contributed by atoms with E-state index >= 15 is 0 Å². The predicted molar refractivity (Wildman–Crippen MR) is 278 cm³/mol. The number of nitrogens with one attached hydrogen (secondary N) is 1. The molecule has 0 saturated carbocycles. The second-order valence-electron chi connectivity index (χ2n) is 19.3. The van der Waals surface area contributed by atoms with E-state index in [-0.39, 0.29) is 24.9 Å². The van der Waals surface area contributed by atoms with Crippen LogP contribution in [0.3, 0.4) is 0 Å². The lowest BCUT2D eigenvalue weighted by atomic mass is 9.99. The third kappa shape index (κ3) is 36.5. The molecule has 396 valence electrons. The number of hydrogen-bond donors (Lipinski definition) is 6. The summed E-state index contributed by atoms with van der Waals surface area (Å²) in [5.74, 6) is -0.313. The van der Waals surface area contributed by atoms with Crippen molar-refractivity contribution in [1.82, 2.24) is 5.32 Å². The molecule has 68 heavy (non-hydrogen) atoms. The fraction of sp³-hybridized carbons (Fsp3) is 0.825. The topological polar surface area (TPSA) is 175 Å². The average Bonchev–Trinajstić information content (AvgIpc) is 3.33. The first-order chi connectivity index (χ1) is 33.2. The van der Waals surface area contributed by atoms with Gasteiger partial charge in [-0.3, -0.25) is 9.59 Å². The molecule has 1 rings (SSSR count). The molecule has 6 N–H and O–H groups in total. The van der Waals surface area contributed by atoms with Gasteiger partial charge >= 0.3 is 5.97 Å². The Balaban J connectivity index is 2.25. The Morgan fingerprint density at radius 3 is 1.57 bits per heavy atom. The van der Waals surface area contributed by atoms with Crippen LogP contribution in [0.25, 0.3) is 0 Å². The Morgan fingerprint density at radius 2 is 1.01 bits per heavy atom. The van der Waals surface area contributed by atoms with Crippen LogP contribution < -0.4 is 5.32 Å². The summed E-state index contributed by atoms with van der Waals surface area (Å²) in [6, 6.07) is -0.872. The first kappa shape index (κ1) is 63.6. The van der Waals surface area contributed by atoms with Crippen molar-refractivity contribution in [2.45, 2.75) is 281 Å². The van der Waals surface area contributed by atoms with Crippen molar-refractivity contribution in [2.24, 2.45) is 0 Å². The lowest BCUT2D eigenvalue weighted by Gasteiger charge is -2.40. The highest BCUT2D eigenvalue weighted by atomic mass is 16.7. The zero-order chi connectivity index (χ0) is 49.6. The van der Waals surface area contributed by atoms with Gasteiger partial charge in [0.05, 0.1) is 32.0 Å². The van der Waals surface area contributed by atoms with Crippen LogP contribution in [0.4, 0.5) is 0 Å². The molecule has 1 aliphatic heterocycles. The Kier molecular flexibility index (Phi) is 44.0. The number of amides is 1. The molecule has 0 radical (unpaired) electrons. The zero-order valence-corrected chi connectivity index (χ0v) is 43.3. The Morgan fingerprint density at radius 1 is 0.544 bits per heavy atom. The molecule has 1 saturated heterocycles. The molecule has 11 nitrogen and oxygen atoms in total. The second-order valence-corrected chi connectivity index (χ2v) is 19.3. The second kappa shape index (κ2) is 47.0. The first-order valence-corrected chi connectivity index (χ1v) is 27.9. The van der Waals surface area contributed by atoms with Gasteiger partial charge in [-0.1, -0.05) is 210 Å². The van der Waals surface area contributed by atoms with Gasteiger partial charge in [0.1, 0.15) is 24.4 Å². The van der Waals surface area contributed by atoms with Crippen LogP contribution in [0.2, 0.25) is 0 Å². The van der Waals surface area contributed by atoms with Gasteiger partial charge in [-0.05, 0) is 64.2 Å². The number of hydrogen-bond acceptors (Lipinski definition) is 10. The minimum Gasteiger partial charge on any atom is -0.466 e. The van der Waals surface area contributed by atoms with E-state index in [4.69, 9.17) is 14.2 Å². The predicted octanol–water partition coefficient (Wildman–Crippen LogP) is 12.1. The van der Waals surface area contributed by atoms with E-state index < -0.39 is 49.5 Å². The Labute approximate surface area is 415 Å². The van der Waals surface area contributed by atoms with E-state index in [9.17, 15) is 35.1 Å². The van der Waals surface area contributed by atoms with Gasteiger partial charge in [0.25, 0.3) is 0 Å². The largest absolute Gasteiger partial charge is 0.466 e. The highest BCUT2D eigenvalue weighted by Crippen LogP contribution is 2.23. The van der Waals surface area contributed by atoms with Crippen LogP contribution in [0.5, 0.6) is 0 Å². The Hall–Kier alpha value is -2.38. The summed E-state index contributed by atoms with van der Waals surface area (Å²) in [6.07, 6.45) is 47.7. The van der Waals surface area contributed by atoms with E-state index in [1.807, 2.05) is 18.2 Å². The van der Waals surface area contributed by atoms with Crippen LogP contribution in [-0.2, 0) is 23.8 Å². The molecule has 1 amide bonds. The number of carbonyl (C=O) groups excluding carboxylic acids is 2. The third-order valence-corrected chi connectivity index (χ3v) is 12.9. The molecule has 1 aliphatic rings. The van der Waals surface area contributed by atoms with Crippen LogP contribution in [0.1, 0.15) is 239 Å². The zero-order valence-electron chi connectivity index (χ0n) is 43.3. The van der Waals surface area contributed by atoms with E-state index in [2.05, 4.69) is 43.5 Å². The van der Waals surface area contributed by atoms with Crippen molar-refractivity contribution >= 4 is 11.9 Å². The van der Waals surface area contributed by atoms with Gasteiger partial charge in [0.2, 0.25) is 5.91 Å². The van der Waals surface area contributed by atoms with Crippen molar-refractivity contribution in [3.05, 3.63) is 48.6 Å². The van der Waals surface area contributed by atoms with Crippen molar-refractivity contribution in [3.63, 3.8) is 0 Å². The Bertz CT molecular complexity index is 1270. The van der Waals surface area contributed by atoms with Gasteiger partial charge in [0.15, 0.2) is 6.29 Å². The fourth-order valence-corrected chi connectivity index (χ4v) is 8.44. The third-order valence-electron chi connectivity index (χ3n) is 12.9. The van der Waals surface area contributed by atoms with Gasteiger partial charge in [-0.25, -0.2) is 0 Å². The van der Waals surface area contributed by atoms with E-state index in [0.717, 1.165) is 70.6 Å². The number of aliphatic hydroxyl groups excluding tert-OH is 5. The van der Waals surface area contributed by atoms with Gasteiger partial charge in [0, 0.05) is 12.8 Å². The minimum atomic E-state index is -1.59. The summed E-state index contributed by atoms with van der Waals surface area (Å²) in [6.45, 7) is 4.23. The molecule has 7 atom stereocenters. The molecule has 11 heteroatoms. The van der Waals surface area contributed by atoms with E-state index in [1.54, 1.807) is 6.08 Å². The van der Waals surface area contributed by atoms with Crippen LogP contribution in [-0.4, -0.2) is 100 Å². The summed E-state index contributed by atoms with van der Waals surface area (Å²) in [5, 5.41) is 54.2. The highest BCUT2D eigenvalue weighted by molar-refractivity contribution is 5.76. The van der Waals surface area contributed by atoms with Crippen LogP contribution in [0.15, 0.2) is 48.6 Å². The van der Waals surface area contributed by atoms with Crippen molar-refractivity contribution < 1.29 is 49.3 Å². The average molecular weight is 962 g/mol. The molecule has 0 aromatic rings. The van der Waals surface area contributed by atoms with Gasteiger partial charge < -0.3 is 45.1 Å². The van der Waals surface area contributed by atoms with E-state index in [1.165, 1.54) is 135 Å². The first-order valence-electron chi connectivity index (χ1n) is 27.9. The molecule has 0 spiro atoms. The number of allylic oxidation sites excluding steroid dienone is 7. The lowest BCUT2D eigenvalue weighted by Crippen LogP contribution is -2.60. The lowest BCUT2D eigenvalue weighted by molar-refractivity contribution is -0.302. The molecule has 7 unspecified atom stereocenters. The number of aliphatic hydroxyl groups is 5. The quantitative estimate of drug-likeness (QED) is 0.0196. The number of ether oxygens (including phenoxy) is 3. The standard InChI is InChI=1S/C57H103NO10/c1-3-5-7-9-11-13-15-17-18-20-23-27-31-35-39-43-50(60)49(48-67-57-56(65)55(64)54(63)51(47-59)68-57)58-52(61)44-40-36-32-28-24-21-19-22-26-30-34-38-42-46-66-53(62)45-41-37-33-29-25-16-14-12-10-8-6-4-2/h21,23-24,27,32,36,39,43,49-51,54-57,59-60,63-65H,3-20,22,25-26,28-31,33-35,37-38,40-42,44-48H2,1-2H3,(H,58,61)/b24-21-,27-23+,36-32-,43-39+. The molecule has 0 bridgehead atoms. The number of esters is 1. The normalized spacial score (nSPS) is 19.8. The number of carbonyl (C=O) groups is 2. The summed E-state index contributed by atoms with van der Waals surface area (Å²) in [7, 11) is 0. The summed E-state index contributed by atoms with van der Waals surface area (Å²) in [5.41, 5.74) is 0. The fourth-order valence-electron chi connectivity index (χ4n) is 8.44. The van der Waals surface area contributed by atoms with Crippen LogP contribution in [0, 0.1) is 0 Å². The van der Waals surface area contributed by atoms with Crippen LogP contribution >= 0.6 is 0 Å². The molecular formula is C57H103NO10. The summed E-state index contributed by atoms with van der Waals surface area (Å²) in [4.78, 5) is 25.0. The van der Waals surface area contributed by atoms with Crippen molar-refractivity contribution in [1.29, 1.82) is 0 Å². The molecule has 1 heterocycles.